The number of rotatable bonds is 4. The third-order valence-corrected chi connectivity index (χ3v) is 5.14. The molecule has 2 heterocycles. The van der Waals surface area contributed by atoms with Crippen LogP contribution in [0.3, 0.4) is 0 Å². The molecule has 2 amide bonds. The number of amides is 2. The molecule has 2 aliphatic heterocycles. The first kappa shape index (κ1) is 18.3. The quantitative estimate of drug-likeness (QED) is 0.737. The Kier molecular flexibility index (Phi) is 4.47. The van der Waals surface area contributed by atoms with Crippen LogP contribution >= 0.6 is 11.6 Å². The minimum atomic E-state index is -1.02. The Hall–Kier alpha value is -3.06. The van der Waals surface area contributed by atoms with Crippen LogP contribution in [0.2, 0.25) is 5.02 Å². The molecule has 28 heavy (non-hydrogen) atoms. The predicted molar refractivity (Wildman–Crippen MR) is 103 cm³/mol. The van der Waals surface area contributed by atoms with Gasteiger partial charge in [-0.1, -0.05) is 28.9 Å². The lowest BCUT2D eigenvalue weighted by molar-refractivity contribution is -0.126. The van der Waals surface area contributed by atoms with Crippen LogP contribution in [0, 0.1) is 12.8 Å². The lowest BCUT2D eigenvalue weighted by Gasteiger charge is -2.18. The molecule has 1 saturated heterocycles. The van der Waals surface area contributed by atoms with Crippen molar-refractivity contribution in [1.82, 2.24) is 0 Å². The first-order valence-electron chi connectivity index (χ1n) is 8.57. The summed E-state index contributed by atoms with van der Waals surface area (Å²) in [7, 11) is 3.02. The number of fused-ring (bicyclic) bond motifs is 1. The highest BCUT2D eigenvalue weighted by Gasteiger charge is 2.56. The van der Waals surface area contributed by atoms with E-state index >= 15 is 0 Å². The molecule has 0 bridgehead atoms. The highest BCUT2D eigenvalue weighted by Crippen LogP contribution is 2.40. The van der Waals surface area contributed by atoms with Crippen molar-refractivity contribution in [3.8, 4) is 11.5 Å². The SMILES string of the molecule is COc1cccc(C2=NOC3C(=O)N(c4cc(Cl)ccc4C)C(=O)C23)c1OC. The van der Waals surface area contributed by atoms with Crippen molar-refractivity contribution >= 4 is 34.8 Å². The Bertz CT molecular complexity index is 1020. The molecular weight excluding hydrogens is 384 g/mol. The van der Waals surface area contributed by atoms with Gasteiger partial charge in [0, 0.05) is 10.6 Å². The fourth-order valence-corrected chi connectivity index (χ4v) is 3.72. The van der Waals surface area contributed by atoms with Gasteiger partial charge in [0.15, 0.2) is 11.5 Å². The van der Waals surface area contributed by atoms with Crippen molar-refractivity contribution in [1.29, 1.82) is 0 Å². The lowest BCUT2D eigenvalue weighted by atomic mass is 9.93. The molecule has 2 aliphatic rings. The van der Waals surface area contributed by atoms with Crippen molar-refractivity contribution in [2.45, 2.75) is 13.0 Å². The van der Waals surface area contributed by atoms with Crippen LogP contribution < -0.4 is 14.4 Å². The van der Waals surface area contributed by atoms with Crippen LogP contribution in [-0.4, -0.2) is 37.8 Å². The first-order chi connectivity index (χ1) is 13.5. The van der Waals surface area contributed by atoms with E-state index in [-0.39, 0.29) is 0 Å². The van der Waals surface area contributed by atoms with Gasteiger partial charge in [-0.15, -0.1) is 0 Å². The van der Waals surface area contributed by atoms with Crippen molar-refractivity contribution in [3.63, 3.8) is 0 Å². The predicted octanol–water partition coefficient (Wildman–Crippen LogP) is 2.96. The molecule has 144 valence electrons. The second-order valence-electron chi connectivity index (χ2n) is 6.46. The number of imide groups is 1. The highest BCUT2D eigenvalue weighted by molar-refractivity contribution is 6.34. The normalized spacial score (nSPS) is 20.7. The van der Waals surface area contributed by atoms with E-state index in [4.69, 9.17) is 25.9 Å². The number of methoxy groups -OCH3 is 2. The molecule has 0 saturated carbocycles. The molecule has 7 nitrogen and oxygen atoms in total. The molecular formula is C20H17ClN2O5. The number of benzene rings is 2. The minimum Gasteiger partial charge on any atom is -0.493 e. The van der Waals surface area contributed by atoms with E-state index in [0.29, 0.717) is 33.5 Å². The minimum absolute atomic E-state index is 0.335. The zero-order chi connectivity index (χ0) is 20.0. The monoisotopic (exact) mass is 400 g/mol. The van der Waals surface area contributed by atoms with Crippen molar-refractivity contribution in [2.75, 3.05) is 19.1 Å². The maximum absolute atomic E-state index is 13.2. The zero-order valence-corrected chi connectivity index (χ0v) is 16.2. The average molecular weight is 401 g/mol. The number of aryl methyl sites for hydroxylation is 1. The van der Waals surface area contributed by atoms with E-state index in [0.717, 1.165) is 10.5 Å². The first-order valence-corrected chi connectivity index (χ1v) is 8.94. The summed E-state index contributed by atoms with van der Waals surface area (Å²) < 4.78 is 10.8. The number of oxime groups is 1. The number of carbonyl (C=O) groups is 2. The molecule has 2 aromatic carbocycles. The molecule has 0 aromatic heterocycles. The fraction of sp³-hybridized carbons (Fsp3) is 0.250. The third-order valence-electron chi connectivity index (χ3n) is 4.90. The summed E-state index contributed by atoms with van der Waals surface area (Å²) in [6.07, 6.45) is -1.02. The van der Waals surface area contributed by atoms with Gasteiger partial charge in [0.2, 0.25) is 12.0 Å². The Labute approximate surface area is 166 Å². The summed E-state index contributed by atoms with van der Waals surface area (Å²) >= 11 is 6.07. The summed E-state index contributed by atoms with van der Waals surface area (Å²) in [5.41, 5.74) is 2.07. The Balaban J connectivity index is 1.77. The van der Waals surface area contributed by atoms with Crippen LogP contribution in [0.15, 0.2) is 41.6 Å². The van der Waals surface area contributed by atoms with Gasteiger partial charge in [-0.25, -0.2) is 4.90 Å². The number of anilines is 1. The molecule has 0 spiro atoms. The summed E-state index contributed by atoms with van der Waals surface area (Å²) in [5.74, 6) is -0.842. The Morgan fingerprint density at radius 3 is 2.61 bits per heavy atom. The van der Waals surface area contributed by atoms with Crippen molar-refractivity contribution in [2.24, 2.45) is 11.1 Å². The molecule has 2 aromatic rings. The van der Waals surface area contributed by atoms with E-state index in [1.165, 1.54) is 14.2 Å². The Morgan fingerprint density at radius 1 is 1.11 bits per heavy atom. The zero-order valence-electron chi connectivity index (χ0n) is 15.4. The largest absolute Gasteiger partial charge is 0.493 e. The number of nitrogens with zero attached hydrogens (tertiary/aromatic N) is 2. The number of hydrogen-bond acceptors (Lipinski definition) is 6. The smallest absolute Gasteiger partial charge is 0.278 e. The molecule has 2 unspecified atom stereocenters. The maximum Gasteiger partial charge on any atom is 0.278 e. The van der Waals surface area contributed by atoms with Crippen LogP contribution in [0.1, 0.15) is 11.1 Å². The van der Waals surface area contributed by atoms with Gasteiger partial charge < -0.3 is 14.3 Å². The van der Waals surface area contributed by atoms with Crippen LogP contribution in [-0.2, 0) is 14.4 Å². The average Bonchev–Trinajstić information content (AvgIpc) is 3.23. The Morgan fingerprint density at radius 2 is 1.89 bits per heavy atom. The number of para-hydroxylation sites is 1. The topological polar surface area (TPSA) is 77.4 Å². The summed E-state index contributed by atoms with van der Waals surface area (Å²) in [5, 5.41) is 4.46. The van der Waals surface area contributed by atoms with E-state index in [1.54, 1.807) is 43.3 Å². The van der Waals surface area contributed by atoms with Crippen molar-refractivity contribution < 1.29 is 23.9 Å². The van der Waals surface area contributed by atoms with Crippen LogP contribution in [0.4, 0.5) is 5.69 Å². The molecule has 0 aliphatic carbocycles. The number of hydrogen-bond donors (Lipinski definition) is 0. The molecule has 0 radical (unpaired) electrons. The second-order valence-corrected chi connectivity index (χ2v) is 6.90. The van der Waals surface area contributed by atoms with Gasteiger partial charge in [-0.3, -0.25) is 9.59 Å². The highest BCUT2D eigenvalue weighted by atomic mass is 35.5. The summed E-state index contributed by atoms with van der Waals surface area (Å²) in [6, 6.07) is 10.3. The maximum atomic E-state index is 13.2. The van der Waals surface area contributed by atoms with Crippen molar-refractivity contribution in [3.05, 3.63) is 52.5 Å². The summed E-state index contributed by atoms with van der Waals surface area (Å²) in [4.78, 5) is 32.6. The van der Waals surface area contributed by atoms with Gasteiger partial charge in [-0.2, -0.15) is 0 Å². The molecule has 8 heteroatoms. The molecule has 0 N–H and O–H groups in total. The third kappa shape index (κ3) is 2.62. The van der Waals surface area contributed by atoms with E-state index in [2.05, 4.69) is 5.16 Å². The fourth-order valence-electron chi connectivity index (χ4n) is 3.55. The van der Waals surface area contributed by atoms with Gasteiger partial charge in [-0.05, 0) is 36.8 Å². The number of ether oxygens (including phenoxy) is 2. The van der Waals surface area contributed by atoms with Gasteiger partial charge in [0.25, 0.3) is 5.91 Å². The lowest BCUT2D eigenvalue weighted by Crippen LogP contribution is -2.33. The molecule has 4 rings (SSSR count). The van der Waals surface area contributed by atoms with Gasteiger partial charge >= 0.3 is 0 Å². The number of carbonyl (C=O) groups excluding carboxylic acids is 2. The van der Waals surface area contributed by atoms with Gasteiger partial charge in [0.1, 0.15) is 11.6 Å². The van der Waals surface area contributed by atoms with Gasteiger partial charge in [0.05, 0.1) is 19.9 Å². The van der Waals surface area contributed by atoms with Crippen LogP contribution in [0.25, 0.3) is 0 Å². The molecule has 1 fully saturated rings. The summed E-state index contributed by atoms with van der Waals surface area (Å²) in [6.45, 7) is 1.81. The number of halogens is 1. The molecule has 2 atom stereocenters. The van der Waals surface area contributed by atoms with E-state index in [9.17, 15) is 9.59 Å². The van der Waals surface area contributed by atoms with E-state index in [1.807, 2.05) is 0 Å². The van der Waals surface area contributed by atoms with E-state index < -0.39 is 23.8 Å². The van der Waals surface area contributed by atoms with Crippen LogP contribution in [0.5, 0.6) is 11.5 Å². The standard InChI is InChI=1S/C20H17ClN2O5/c1-10-7-8-11(21)9-13(10)23-19(24)15-16(22-28-18(15)20(23)25)12-5-4-6-14(26-2)17(12)27-3/h4-9,15,18H,1-3H3. The second kappa shape index (κ2) is 6.83.